The van der Waals surface area contributed by atoms with E-state index in [0.717, 1.165) is 5.69 Å². The highest BCUT2D eigenvalue weighted by molar-refractivity contribution is 6.32. The number of amides is 1. The van der Waals surface area contributed by atoms with Crippen LogP contribution in [-0.2, 0) is 4.79 Å². The van der Waals surface area contributed by atoms with E-state index in [1.54, 1.807) is 37.3 Å². The molecule has 0 saturated heterocycles. The summed E-state index contributed by atoms with van der Waals surface area (Å²) in [6, 6.07) is 19.4. The molecule has 0 spiro atoms. The monoisotopic (exact) mass is 410 g/mol. The smallest absolute Gasteiger partial charge is 0.246 e. The fourth-order valence-corrected chi connectivity index (χ4v) is 2.99. The molecular weight excluding hydrogens is 392 g/mol. The number of carbonyl (C=O) groups excluding carboxylic acids is 1. The molecule has 6 nitrogen and oxygen atoms in total. The van der Waals surface area contributed by atoms with Crippen LogP contribution in [0.4, 0.5) is 11.4 Å². The van der Waals surface area contributed by atoms with Crippen LogP contribution in [0.2, 0.25) is 5.02 Å². The van der Waals surface area contributed by atoms with E-state index in [1.807, 2.05) is 36.4 Å². The van der Waals surface area contributed by atoms with Crippen LogP contribution in [0.5, 0.6) is 23.0 Å². The van der Waals surface area contributed by atoms with E-state index in [0.29, 0.717) is 33.7 Å². The highest BCUT2D eigenvalue weighted by atomic mass is 35.5. The van der Waals surface area contributed by atoms with Crippen molar-refractivity contribution in [3.05, 3.63) is 71.8 Å². The number of anilines is 2. The molecule has 7 heteroatoms. The van der Waals surface area contributed by atoms with Crippen molar-refractivity contribution in [1.82, 2.24) is 0 Å². The SMILES string of the molecule is CC(Nc1ccc(Oc2ccccc2Cl)cc1)C(=O)Nc1ccc2c(c1)OCO2. The van der Waals surface area contributed by atoms with Gasteiger partial charge in [-0.15, -0.1) is 0 Å². The van der Waals surface area contributed by atoms with Crippen molar-refractivity contribution in [2.75, 3.05) is 17.4 Å². The predicted octanol–water partition coefficient (Wildman–Crippen LogP) is 5.30. The van der Waals surface area contributed by atoms with Gasteiger partial charge in [-0.25, -0.2) is 0 Å². The summed E-state index contributed by atoms with van der Waals surface area (Å²) in [4.78, 5) is 12.5. The molecule has 0 saturated carbocycles. The molecular formula is C22H19ClN2O4. The molecule has 1 heterocycles. The van der Waals surface area contributed by atoms with E-state index in [2.05, 4.69) is 10.6 Å². The van der Waals surface area contributed by atoms with Gasteiger partial charge in [-0.05, 0) is 55.5 Å². The number of ether oxygens (including phenoxy) is 3. The van der Waals surface area contributed by atoms with Gasteiger partial charge >= 0.3 is 0 Å². The number of hydrogen-bond acceptors (Lipinski definition) is 5. The van der Waals surface area contributed by atoms with Gasteiger partial charge < -0.3 is 24.8 Å². The quantitative estimate of drug-likeness (QED) is 0.577. The summed E-state index contributed by atoms with van der Waals surface area (Å²) in [6.45, 7) is 1.98. The minimum atomic E-state index is -0.448. The highest BCUT2D eigenvalue weighted by Gasteiger charge is 2.17. The zero-order valence-electron chi connectivity index (χ0n) is 15.6. The minimum Gasteiger partial charge on any atom is -0.456 e. The van der Waals surface area contributed by atoms with Crippen molar-refractivity contribution in [2.24, 2.45) is 0 Å². The fourth-order valence-electron chi connectivity index (χ4n) is 2.81. The average molecular weight is 411 g/mol. The Hall–Kier alpha value is -3.38. The summed E-state index contributed by atoms with van der Waals surface area (Å²) in [6.07, 6.45) is 0. The number of hydrogen-bond donors (Lipinski definition) is 2. The van der Waals surface area contributed by atoms with Crippen LogP contribution in [0.3, 0.4) is 0 Å². The summed E-state index contributed by atoms with van der Waals surface area (Å²) in [5.74, 6) is 2.37. The zero-order valence-corrected chi connectivity index (χ0v) is 16.4. The molecule has 148 valence electrons. The van der Waals surface area contributed by atoms with Crippen molar-refractivity contribution < 1.29 is 19.0 Å². The first kappa shape index (κ1) is 19.0. The second kappa shape index (κ2) is 8.32. The lowest BCUT2D eigenvalue weighted by molar-refractivity contribution is -0.116. The summed E-state index contributed by atoms with van der Waals surface area (Å²) in [5.41, 5.74) is 1.45. The molecule has 1 aliphatic rings. The highest BCUT2D eigenvalue weighted by Crippen LogP contribution is 2.34. The molecule has 1 atom stereocenters. The van der Waals surface area contributed by atoms with E-state index >= 15 is 0 Å². The van der Waals surface area contributed by atoms with Gasteiger partial charge in [0.1, 0.15) is 17.5 Å². The normalized spacial score (nSPS) is 12.9. The Morgan fingerprint density at radius 2 is 1.72 bits per heavy atom. The van der Waals surface area contributed by atoms with Crippen molar-refractivity contribution >= 4 is 28.9 Å². The van der Waals surface area contributed by atoms with Crippen LogP contribution in [0.25, 0.3) is 0 Å². The number of rotatable bonds is 6. The molecule has 29 heavy (non-hydrogen) atoms. The van der Waals surface area contributed by atoms with E-state index in [1.165, 1.54) is 0 Å². The Kier molecular flexibility index (Phi) is 5.44. The fraction of sp³-hybridized carbons (Fsp3) is 0.136. The Bertz CT molecular complexity index is 1020. The maximum absolute atomic E-state index is 12.5. The van der Waals surface area contributed by atoms with Crippen LogP contribution in [0.15, 0.2) is 66.7 Å². The molecule has 0 bridgehead atoms. The summed E-state index contributed by atoms with van der Waals surface area (Å²) < 4.78 is 16.4. The molecule has 1 aliphatic heterocycles. The molecule has 3 aromatic rings. The molecule has 0 fully saturated rings. The van der Waals surface area contributed by atoms with Crippen LogP contribution >= 0.6 is 11.6 Å². The van der Waals surface area contributed by atoms with Gasteiger partial charge in [0.05, 0.1) is 5.02 Å². The summed E-state index contributed by atoms with van der Waals surface area (Å²) in [7, 11) is 0. The topological polar surface area (TPSA) is 68.8 Å². The third-order valence-electron chi connectivity index (χ3n) is 4.34. The van der Waals surface area contributed by atoms with Crippen LogP contribution in [0, 0.1) is 0 Å². The molecule has 2 N–H and O–H groups in total. The first-order chi connectivity index (χ1) is 14.1. The van der Waals surface area contributed by atoms with Crippen molar-refractivity contribution in [1.29, 1.82) is 0 Å². The summed E-state index contributed by atoms with van der Waals surface area (Å²) in [5, 5.41) is 6.58. The number of nitrogens with one attached hydrogen (secondary N) is 2. The van der Waals surface area contributed by atoms with Gasteiger partial charge in [0.15, 0.2) is 11.5 Å². The molecule has 0 aromatic heterocycles. The van der Waals surface area contributed by atoms with Crippen molar-refractivity contribution in [3.63, 3.8) is 0 Å². The van der Waals surface area contributed by atoms with Crippen LogP contribution in [0.1, 0.15) is 6.92 Å². The van der Waals surface area contributed by atoms with Gasteiger partial charge in [0.25, 0.3) is 0 Å². The Balaban J connectivity index is 1.34. The predicted molar refractivity (Wildman–Crippen MR) is 112 cm³/mol. The number of halogens is 1. The first-order valence-corrected chi connectivity index (χ1v) is 9.46. The number of para-hydroxylation sites is 1. The Morgan fingerprint density at radius 1 is 1.00 bits per heavy atom. The second-order valence-corrected chi connectivity index (χ2v) is 6.89. The molecule has 0 radical (unpaired) electrons. The van der Waals surface area contributed by atoms with Gasteiger partial charge in [-0.3, -0.25) is 4.79 Å². The van der Waals surface area contributed by atoms with Crippen LogP contribution < -0.4 is 24.8 Å². The van der Waals surface area contributed by atoms with Crippen molar-refractivity contribution in [3.8, 4) is 23.0 Å². The lowest BCUT2D eigenvalue weighted by Gasteiger charge is -2.16. The molecule has 4 rings (SSSR count). The van der Waals surface area contributed by atoms with Gasteiger partial charge in [0.2, 0.25) is 12.7 Å². The minimum absolute atomic E-state index is 0.166. The van der Waals surface area contributed by atoms with Crippen molar-refractivity contribution in [2.45, 2.75) is 13.0 Å². The number of carbonyl (C=O) groups is 1. The molecule has 1 amide bonds. The third kappa shape index (κ3) is 4.55. The standard InChI is InChI=1S/C22H19ClN2O4/c1-14(22(26)25-16-8-11-20-21(12-16)28-13-27-20)24-15-6-9-17(10-7-15)29-19-5-3-2-4-18(19)23/h2-12,14,24H,13H2,1H3,(H,25,26). The molecule has 3 aromatic carbocycles. The van der Waals surface area contributed by atoms with E-state index in [4.69, 9.17) is 25.8 Å². The average Bonchev–Trinajstić information content (AvgIpc) is 3.19. The van der Waals surface area contributed by atoms with E-state index in [9.17, 15) is 4.79 Å². The maximum Gasteiger partial charge on any atom is 0.246 e. The zero-order chi connectivity index (χ0) is 20.2. The first-order valence-electron chi connectivity index (χ1n) is 9.08. The maximum atomic E-state index is 12.5. The molecule has 1 unspecified atom stereocenters. The van der Waals surface area contributed by atoms with E-state index in [-0.39, 0.29) is 12.7 Å². The van der Waals surface area contributed by atoms with Gasteiger partial charge in [0, 0.05) is 17.4 Å². The Labute approximate surface area is 173 Å². The second-order valence-electron chi connectivity index (χ2n) is 6.48. The van der Waals surface area contributed by atoms with E-state index < -0.39 is 6.04 Å². The lowest BCUT2D eigenvalue weighted by Crippen LogP contribution is -2.31. The lowest BCUT2D eigenvalue weighted by atomic mass is 10.2. The summed E-state index contributed by atoms with van der Waals surface area (Å²) >= 11 is 6.11. The number of fused-ring (bicyclic) bond motifs is 1. The van der Waals surface area contributed by atoms with Crippen LogP contribution in [-0.4, -0.2) is 18.7 Å². The van der Waals surface area contributed by atoms with Gasteiger partial charge in [-0.2, -0.15) is 0 Å². The number of benzene rings is 3. The van der Waals surface area contributed by atoms with Gasteiger partial charge in [-0.1, -0.05) is 23.7 Å². The molecule has 0 aliphatic carbocycles. The Morgan fingerprint density at radius 3 is 2.52 bits per heavy atom. The largest absolute Gasteiger partial charge is 0.456 e. The third-order valence-corrected chi connectivity index (χ3v) is 4.65.